The van der Waals surface area contributed by atoms with Crippen LogP contribution in [-0.2, 0) is 4.79 Å². The van der Waals surface area contributed by atoms with Crippen molar-refractivity contribution in [3.8, 4) is 0 Å². The number of amides is 1. The topological polar surface area (TPSA) is 65.5 Å². The molecule has 0 radical (unpaired) electrons. The van der Waals surface area contributed by atoms with E-state index in [1.165, 1.54) is 12.8 Å². The fourth-order valence-electron chi connectivity index (χ4n) is 2.78. The van der Waals surface area contributed by atoms with Gasteiger partial charge in [0.25, 0.3) is 0 Å². The number of aliphatic hydroxyl groups excluding tert-OH is 1. The van der Waals surface area contributed by atoms with Crippen LogP contribution in [0.3, 0.4) is 0 Å². The Balaban J connectivity index is 1.55. The Morgan fingerprint density at radius 1 is 1.21 bits per heavy atom. The first-order chi connectivity index (χ1) is 11.6. The van der Waals surface area contributed by atoms with Crippen LogP contribution in [0.4, 0.5) is 11.5 Å². The fourth-order valence-corrected chi connectivity index (χ4v) is 2.91. The molecule has 3 rings (SSSR count). The SMILES string of the molecule is O=C(CC(O)c1ccc(Cl)cc1)Nc1ccc(N2CCCC2)nc1. The molecule has 1 aromatic heterocycles. The molecule has 0 bridgehead atoms. The summed E-state index contributed by atoms with van der Waals surface area (Å²) in [7, 11) is 0. The van der Waals surface area contributed by atoms with E-state index in [1.807, 2.05) is 12.1 Å². The second kappa shape index (κ2) is 7.64. The summed E-state index contributed by atoms with van der Waals surface area (Å²) in [5.74, 6) is 0.680. The summed E-state index contributed by atoms with van der Waals surface area (Å²) in [5, 5.41) is 13.5. The number of benzene rings is 1. The van der Waals surface area contributed by atoms with Crippen molar-refractivity contribution in [3.63, 3.8) is 0 Å². The van der Waals surface area contributed by atoms with E-state index in [-0.39, 0.29) is 12.3 Å². The summed E-state index contributed by atoms with van der Waals surface area (Å²) in [6.45, 7) is 2.07. The molecule has 1 aromatic carbocycles. The maximum absolute atomic E-state index is 12.1. The van der Waals surface area contributed by atoms with Gasteiger partial charge in [-0.2, -0.15) is 0 Å². The van der Waals surface area contributed by atoms with Gasteiger partial charge in [0, 0.05) is 18.1 Å². The smallest absolute Gasteiger partial charge is 0.227 e. The number of halogens is 1. The number of nitrogens with zero attached hydrogens (tertiary/aromatic N) is 2. The first-order valence-corrected chi connectivity index (χ1v) is 8.44. The summed E-state index contributed by atoms with van der Waals surface area (Å²) in [5.41, 5.74) is 1.29. The van der Waals surface area contributed by atoms with Gasteiger partial charge in [-0.25, -0.2) is 4.98 Å². The van der Waals surface area contributed by atoms with Gasteiger partial charge in [0.1, 0.15) is 5.82 Å². The predicted molar refractivity (Wildman–Crippen MR) is 95.3 cm³/mol. The van der Waals surface area contributed by atoms with Crippen LogP contribution in [0.25, 0.3) is 0 Å². The van der Waals surface area contributed by atoms with Crippen LogP contribution < -0.4 is 10.2 Å². The average molecular weight is 346 g/mol. The second-order valence-corrected chi connectivity index (χ2v) is 6.36. The van der Waals surface area contributed by atoms with Crippen LogP contribution in [-0.4, -0.2) is 29.1 Å². The molecule has 1 unspecified atom stereocenters. The predicted octanol–water partition coefficient (Wildman–Crippen LogP) is 3.40. The lowest BCUT2D eigenvalue weighted by Crippen LogP contribution is -2.19. The van der Waals surface area contributed by atoms with Crippen LogP contribution in [0.2, 0.25) is 5.02 Å². The summed E-state index contributed by atoms with van der Waals surface area (Å²) in [6.07, 6.45) is 3.17. The maximum atomic E-state index is 12.1. The van der Waals surface area contributed by atoms with Gasteiger partial charge in [-0.05, 0) is 42.7 Å². The number of rotatable bonds is 5. The van der Waals surface area contributed by atoms with Crippen molar-refractivity contribution in [1.29, 1.82) is 0 Å². The van der Waals surface area contributed by atoms with Crippen molar-refractivity contribution in [2.75, 3.05) is 23.3 Å². The molecule has 1 atom stereocenters. The van der Waals surface area contributed by atoms with E-state index in [1.54, 1.807) is 30.5 Å². The highest BCUT2D eigenvalue weighted by molar-refractivity contribution is 6.30. The Morgan fingerprint density at radius 2 is 1.92 bits per heavy atom. The second-order valence-electron chi connectivity index (χ2n) is 5.92. The number of carbonyl (C=O) groups is 1. The first-order valence-electron chi connectivity index (χ1n) is 8.06. The number of nitrogens with one attached hydrogen (secondary N) is 1. The van der Waals surface area contributed by atoms with E-state index in [0.29, 0.717) is 16.3 Å². The normalized spacial score (nSPS) is 15.3. The zero-order chi connectivity index (χ0) is 16.9. The molecule has 0 saturated carbocycles. The van der Waals surface area contributed by atoms with E-state index in [4.69, 9.17) is 11.6 Å². The number of aliphatic hydroxyl groups is 1. The lowest BCUT2D eigenvalue weighted by molar-refractivity contribution is -0.118. The lowest BCUT2D eigenvalue weighted by atomic mass is 10.1. The van der Waals surface area contributed by atoms with Crippen molar-refractivity contribution in [1.82, 2.24) is 4.98 Å². The Morgan fingerprint density at radius 3 is 2.54 bits per heavy atom. The fraction of sp³-hybridized carbons (Fsp3) is 0.333. The number of pyridine rings is 1. The van der Waals surface area contributed by atoms with E-state index < -0.39 is 6.10 Å². The molecule has 1 saturated heterocycles. The average Bonchev–Trinajstić information content (AvgIpc) is 3.10. The number of hydrogen-bond acceptors (Lipinski definition) is 4. The monoisotopic (exact) mass is 345 g/mol. The number of anilines is 2. The van der Waals surface area contributed by atoms with Gasteiger partial charge in [0.05, 0.1) is 24.4 Å². The van der Waals surface area contributed by atoms with Gasteiger partial charge < -0.3 is 15.3 Å². The van der Waals surface area contributed by atoms with E-state index in [0.717, 1.165) is 18.9 Å². The van der Waals surface area contributed by atoms with E-state index >= 15 is 0 Å². The van der Waals surface area contributed by atoms with Crippen LogP contribution in [0.1, 0.15) is 30.9 Å². The maximum Gasteiger partial charge on any atom is 0.227 e. The molecule has 2 heterocycles. The molecule has 1 aliphatic heterocycles. The number of aromatic nitrogens is 1. The molecule has 2 N–H and O–H groups in total. The molecule has 0 aliphatic carbocycles. The molecule has 1 aliphatic rings. The summed E-state index contributed by atoms with van der Waals surface area (Å²) in [4.78, 5) is 18.7. The van der Waals surface area contributed by atoms with Crippen LogP contribution in [0, 0.1) is 0 Å². The van der Waals surface area contributed by atoms with Crippen molar-refractivity contribution in [2.45, 2.75) is 25.4 Å². The molecule has 6 heteroatoms. The molecule has 5 nitrogen and oxygen atoms in total. The van der Waals surface area contributed by atoms with Crippen LogP contribution >= 0.6 is 11.6 Å². The molecule has 24 heavy (non-hydrogen) atoms. The molecular weight excluding hydrogens is 326 g/mol. The molecule has 1 fully saturated rings. The highest BCUT2D eigenvalue weighted by atomic mass is 35.5. The third-order valence-electron chi connectivity index (χ3n) is 4.10. The standard InChI is InChI=1S/C18H20ClN3O2/c19-14-5-3-13(4-6-14)16(23)11-18(24)21-15-7-8-17(20-12-15)22-9-1-2-10-22/h3-8,12,16,23H,1-2,9-11H2,(H,21,24). The van der Waals surface area contributed by atoms with Crippen LogP contribution in [0.5, 0.6) is 0 Å². The molecule has 126 valence electrons. The van der Waals surface area contributed by atoms with Gasteiger partial charge in [0.15, 0.2) is 0 Å². The van der Waals surface area contributed by atoms with Crippen molar-refractivity contribution in [2.24, 2.45) is 0 Å². The lowest BCUT2D eigenvalue weighted by Gasteiger charge is -2.16. The Kier molecular flexibility index (Phi) is 5.33. The van der Waals surface area contributed by atoms with Gasteiger partial charge in [-0.15, -0.1) is 0 Å². The largest absolute Gasteiger partial charge is 0.388 e. The summed E-state index contributed by atoms with van der Waals surface area (Å²) < 4.78 is 0. The number of hydrogen-bond donors (Lipinski definition) is 2. The van der Waals surface area contributed by atoms with Gasteiger partial charge in [-0.3, -0.25) is 4.79 Å². The minimum absolute atomic E-state index is 0.0183. The van der Waals surface area contributed by atoms with E-state index in [9.17, 15) is 9.90 Å². The third kappa shape index (κ3) is 4.24. The van der Waals surface area contributed by atoms with Crippen molar-refractivity contribution < 1.29 is 9.90 Å². The highest BCUT2D eigenvalue weighted by Gasteiger charge is 2.15. The zero-order valence-corrected chi connectivity index (χ0v) is 14.0. The minimum Gasteiger partial charge on any atom is -0.388 e. The number of carbonyl (C=O) groups excluding carboxylic acids is 1. The molecule has 0 spiro atoms. The van der Waals surface area contributed by atoms with Gasteiger partial charge >= 0.3 is 0 Å². The Labute approximate surface area is 146 Å². The Bertz CT molecular complexity index is 682. The van der Waals surface area contributed by atoms with Gasteiger partial charge in [0.2, 0.25) is 5.91 Å². The molecular formula is C18H20ClN3O2. The quantitative estimate of drug-likeness (QED) is 0.871. The summed E-state index contributed by atoms with van der Waals surface area (Å²) >= 11 is 5.82. The van der Waals surface area contributed by atoms with Gasteiger partial charge in [-0.1, -0.05) is 23.7 Å². The van der Waals surface area contributed by atoms with E-state index in [2.05, 4.69) is 15.2 Å². The zero-order valence-electron chi connectivity index (χ0n) is 13.3. The summed E-state index contributed by atoms with van der Waals surface area (Å²) in [6, 6.07) is 10.6. The first kappa shape index (κ1) is 16.7. The van der Waals surface area contributed by atoms with Crippen molar-refractivity contribution >= 4 is 29.0 Å². The molecule has 1 amide bonds. The third-order valence-corrected chi connectivity index (χ3v) is 4.35. The Hall–Kier alpha value is -2.11. The molecule has 2 aromatic rings. The van der Waals surface area contributed by atoms with Crippen LogP contribution in [0.15, 0.2) is 42.6 Å². The minimum atomic E-state index is -0.862. The highest BCUT2D eigenvalue weighted by Crippen LogP contribution is 2.21. The van der Waals surface area contributed by atoms with Crippen molar-refractivity contribution in [3.05, 3.63) is 53.2 Å².